The molecule has 53 valence electrons. The van der Waals surface area contributed by atoms with Gasteiger partial charge in [0.25, 0.3) is 0 Å². The maximum atomic E-state index is 3.78. The van der Waals surface area contributed by atoms with Crippen LogP contribution in [0.5, 0.6) is 0 Å². The minimum absolute atomic E-state index is 0.550. The fraction of sp³-hybridized carbons (Fsp3) is 0.750. The zero-order valence-electron chi connectivity index (χ0n) is 6.72. The molecule has 0 N–H and O–H groups in total. The van der Waals surface area contributed by atoms with Crippen LogP contribution < -0.4 is 0 Å². The van der Waals surface area contributed by atoms with E-state index in [1.54, 1.807) is 0 Å². The number of hydrogen-bond donors (Lipinski definition) is 0. The van der Waals surface area contributed by atoms with Gasteiger partial charge in [-0.1, -0.05) is 20.8 Å². The molecular formula is C8H17Si. The third-order valence-electron chi connectivity index (χ3n) is 1.66. The Kier molecular flexibility index (Phi) is 4.97. The predicted molar refractivity (Wildman–Crippen MR) is 47.4 cm³/mol. The Morgan fingerprint density at radius 3 is 2.33 bits per heavy atom. The Balaban J connectivity index is 3.48. The molecule has 0 rings (SSSR count). The first kappa shape index (κ1) is 9.09. The molecule has 0 bridgehead atoms. The van der Waals surface area contributed by atoms with Crippen molar-refractivity contribution in [3.8, 4) is 0 Å². The summed E-state index contributed by atoms with van der Waals surface area (Å²) < 4.78 is 0. The molecule has 0 aromatic heterocycles. The minimum atomic E-state index is 0.550. The van der Waals surface area contributed by atoms with Gasteiger partial charge in [-0.15, -0.1) is 5.67 Å². The van der Waals surface area contributed by atoms with Crippen molar-refractivity contribution in [2.24, 2.45) is 5.92 Å². The first-order valence-electron chi connectivity index (χ1n) is 3.64. The van der Waals surface area contributed by atoms with Gasteiger partial charge in [0.15, 0.2) is 0 Å². The summed E-state index contributed by atoms with van der Waals surface area (Å²) in [6.45, 7) is 10.7. The van der Waals surface area contributed by atoms with Crippen LogP contribution in [0.3, 0.4) is 0 Å². The second-order valence-electron chi connectivity index (χ2n) is 2.82. The van der Waals surface area contributed by atoms with Crippen molar-refractivity contribution >= 4 is 14.8 Å². The Hall–Kier alpha value is 0.0869. The van der Waals surface area contributed by atoms with Gasteiger partial charge < -0.3 is 0 Å². The average Bonchev–Trinajstić information content (AvgIpc) is 1.82. The molecule has 0 nitrogen and oxygen atoms in total. The molecule has 0 spiro atoms. The quantitative estimate of drug-likeness (QED) is 0.527. The lowest BCUT2D eigenvalue weighted by Crippen LogP contribution is -2.01. The lowest BCUT2D eigenvalue weighted by atomic mass is 10.1. The van der Waals surface area contributed by atoms with Crippen LogP contribution in [0.15, 0.2) is 0 Å². The van der Waals surface area contributed by atoms with E-state index in [1.807, 2.05) is 0 Å². The summed E-state index contributed by atoms with van der Waals surface area (Å²) in [6, 6.07) is 0. The normalized spacial score (nSPS) is 15.2. The summed E-state index contributed by atoms with van der Waals surface area (Å²) in [6.07, 6.45) is 1.01. The van der Waals surface area contributed by atoms with Gasteiger partial charge in [-0.2, -0.15) is 0 Å². The molecule has 9 heavy (non-hydrogen) atoms. The molecule has 0 aliphatic carbocycles. The van der Waals surface area contributed by atoms with Crippen LogP contribution in [-0.2, 0) is 0 Å². The van der Waals surface area contributed by atoms with Crippen molar-refractivity contribution < 1.29 is 0 Å². The summed E-state index contributed by atoms with van der Waals surface area (Å²) in [5.41, 5.74) is 3.25. The van der Waals surface area contributed by atoms with Crippen molar-refractivity contribution in [2.75, 3.05) is 0 Å². The van der Waals surface area contributed by atoms with Crippen LogP contribution in [0.1, 0.15) is 27.2 Å². The second-order valence-corrected chi connectivity index (χ2v) is 4.73. The highest BCUT2D eigenvalue weighted by atomic mass is 28.2. The van der Waals surface area contributed by atoms with E-state index >= 15 is 0 Å². The predicted octanol–water partition coefficient (Wildman–Crippen LogP) is 1.91. The van der Waals surface area contributed by atoms with Crippen molar-refractivity contribution in [3.05, 3.63) is 6.92 Å². The lowest BCUT2D eigenvalue weighted by molar-refractivity contribution is 0.623. The van der Waals surface area contributed by atoms with Crippen molar-refractivity contribution in [1.29, 1.82) is 0 Å². The van der Waals surface area contributed by atoms with E-state index in [2.05, 4.69) is 33.4 Å². The lowest BCUT2D eigenvalue weighted by Gasteiger charge is -2.08. The van der Waals surface area contributed by atoms with Gasteiger partial charge >= 0.3 is 0 Å². The van der Waals surface area contributed by atoms with E-state index in [9.17, 15) is 0 Å². The van der Waals surface area contributed by atoms with Crippen LogP contribution in [0.2, 0.25) is 5.54 Å². The smallest absolute Gasteiger partial charge is 0.00863 e. The summed E-state index contributed by atoms with van der Waals surface area (Å²) in [5.74, 6) is 0.850. The maximum absolute atomic E-state index is 3.78. The van der Waals surface area contributed by atoms with E-state index in [-0.39, 0.29) is 0 Å². The molecule has 1 unspecified atom stereocenters. The molecule has 0 aliphatic rings. The van der Waals surface area contributed by atoms with E-state index in [4.69, 9.17) is 0 Å². The van der Waals surface area contributed by atoms with E-state index < -0.39 is 0 Å². The molecule has 0 saturated carbocycles. The van der Waals surface area contributed by atoms with E-state index in [0.29, 0.717) is 9.13 Å². The molecule has 1 radical (unpaired) electrons. The number of hydrogen-bond acceptors (Lipinski definition) is 0. The van der Waals surface area contributed by atoms with Crippen molar-refractivity contribution in [1.82, 2.24) is 0 Å². The van der Waals surface area contributed by atoms with Gasteiger partial charge in [-0.25, -0.2) is 0 Å². The summed E-state index contributed by atoms with van der Waals surface area (Å²) in [4.78, 5) is 0. The van der Waals surface area contributed by atoms with Crippen LogP contribution in [0, 0.1) is 12.8 Å². The van der Waals surface area contributed by atoms with Crippen LogP contribution in [-0.4, -0.2) is 14.8 Å². The van der Waals surface area contributed by atoms with Crippen LogP contribution in [0.4, 0.5) is 0 Å². The molecule has 0 fully saturated rings. The Labute approximate surface area is 61.1 Å². The molecule has 1 atom stereocenters. The van der Waals surface area contributed by atoms with Gasteiger partial charge in [-0.3, -0.25) is 0 Å². The van der Waals surface area contributed by atoms with Crippen molar-refractivity contribution in [3.63, 3.8) is 0 Å². The highest BCUT2D eigenvalue weighted by Crippen LogP contribution is 2.11. The van der Waals surface area contributed by atoms with E-state index in [0.717, 1.165) is 17.9 Å². The molecular weight excluding hydrogens is 124 g/mol. The maximum Gasteiger partial charge on any atom is -0.00863 e. The van der Waals surface area contributed by atoms with Gasteiger partial charge in [-0.05, 0) is 33.9 Å². The second kappa shape index (κ2) is 4.92. The molecule has 0 aromatic carbocycles. The fourth-order valence-corrected chi connectivity index (χ4v) is 1.60. The largest absolute Gasteiger partial charge is 0.106 e. The third-order valence-corrected chi connectivity index (χ3v) is 3.64. The molecule has 0 heterocycles. The van der Waals surface area contributed by atoms with E-state index in [1.165, 1.54) is 0 Å². The highest BCUT2D eigenvalue weighted by molar-refractivity contribution is 6.48. The van der Waals surface area contributed by atoms with Crippen LogP contribution >= 0.6 is 0 Å². The van der Waals surface area contributed by atoms with Gasteiger partial charge in [0.1, 0.15) is 0 Å². The Bertz CT molecular complexity index is 84.6. The molecule has 0 aliphatic heterocycles. The van der Waals surface area contributed by atoms with Crippen molar-refractivity contribution in [2.45, 2.75) is 32.7 Å². The average molecular weight is 141 g/mol. The van der Waals surface area contributed by atoms with Gasteiger partial charge in [0.2, 0.25) is 0 Å². The highest BCUT2D eigenvalue weighted by Gasteiger charge is 2.00. The fourth-order valence-electron chi connectivity index (χ4n) is 0.533. The summed E-state index contributed by atoms with van der Waals surface area (Å²) in [5, 5.41) is 0. The Morgan fingerprint density at radius 2 is 2.00 bits per heavy atom. The van der Waals surface area contributed by atoms with Crippen LogP contribution in [0.25, 0.3) is 0 Å². The topological polar surface area (TPSA) is 0 Å². The zero-order valence-corrected chi connectivity index (χ0v) is 7.88. The number of rotatable bonds is 3. The standard InChI is InChI=1S/C8H17Si/c1-5-6-9-8(4)7(2)3/h6-9H,1,5H2,2-4H3. The third kappa shape index (κ3) is 4.58. The molecule has 0 saturated heterocycles. The monoisotopic (exact) mass is 141 g/mol. The SMILES string of the molecule is [CH2]CC=[SiH]C(C)C(C)C. The summed E-state index contributed by atoms with van der Waals surface area (Å²) >= 11 is 0. The van der Waals surface area contributed by atoms with Gasteiger partial charge in [0, 0.05) is 0 Å². The molecule has 0 amide bonds. The first-order valence-corrected chi connectivity index (χ1v) is 4.97. The molecule has 0 aromatic rings. The Morgan fingerprint density at radius 1 is 1.44 bits per heavy atom. The first-order chi connectivity index (χ1) is 4.18. The van der Waals surface area contributed by atoms with Gasteiger partial charge in [0.05, 0.1) is 0 Å². The molecule has 1 heteroatoms. The minimum Gasteiger partial charge on any atom is -0.106 e. The zero-order chi connectivity index (χ0) is 7.28. The summed E-state index contributed by atoms with van der Waals surface area (Å²) in [7, 11) is 0.550.